The van der Waals surface area contributed by atoms with Crippen LogP contribution >= 0.6 is 0 Å². The van der Waals surface area contributed by atoms with Crippen molar-refractivity contribution in [2.24, 2.45) is 0 Å². The second-order valence-corrected chi connectivity index (χ2v) is 3.64. The SMILES string of the molecule is CCCCC=CC=CC1=CC=CCC1. The van der Waals surface area contributed by atoms with E-state index < -0.39 is 0 Å². The molecule has 76 valence electrons. The molecule has 1 rings (SSSR count). The van der Waals surface area contributed by atoms with Gasteiger partial charge in [-0.25, -0.2) is 0 Å². The van der Waals surface area contributed by atoms with Crippen molar-refractivity contribution in [3.8, 4) is 0 Å². The van der Waals surface area contributed by atoms with E-state index in [0.717, 1.165) is 0 Å². The van der Waals surface area contributed by atoms with E-state index in [1.54, 1.807) is 0 Å². The lowest BCUT2D eigenvalue weighted by molar-refractivity contribution is 0.815. The van der Waals surface area contributed by atoms with E-state index in [-0.39, 0.29) is 0 Å². The molecule has 1 aliphatic rings. The molecule has 0 saturated carbocycles. The van der Waals surface area contributed by atoms with Crippen molar-refractivity contribution in [1.82, 2.24) is 0 Å². The molecule has 0 unspecified atom stereocenters. The predicted molar refractivity (Wildman–Crippen MR) is 64.3 cm³/mol. The Morgan fingerprint density at radius 1 is 1.36 bits per heavy atom. The Morgan fingerprint density at radius 2 is 2.29 bits per heavy atom. The summed E-state index contributed by atoms with van der Waals surface area (Å²) in [5.41, 5.74) is 1.44. The first kappa shape index (κ1) is 11.0. The number of hydrogen-bond acceptors (Lipinski definition) is 0. The fourth-order valence-corrected chi connectivity index (χ4v) is 1.44. The van der Waals surface area contributed by atoms with Crippen LogP contribution < -0.4 is 0 Å². The Balaban J connectivity index is 2.22. The number of hydrogen-bond donors (Lipinski definition) is 0. The van der Waals surface area contributed by atoms with E-state index in [1.165, 1.54) is 37.7 Å². The lowest BCUT2D eigenvalue weighted by atomic mass is 10.0. The summed E-state index contributed by atoms with van der Waals surface area (Å²) in [5.74, 6) is 0. The van der Waals surface area contributed by atoms with Crippen LogP contribution in [0.2, 0.25) is 0 Å². The quantitative estimate of drug-likeness (QED) is 0.438. The summed E-state index contributed by atoms with van der Waals surface area (Å²) >= 11 is 0. The molecule has 0 aromatic rings. The van der Waals surface area contributed by atoms with Crippen LogP contribution in [0.4, 0.5) is 0 Å². The summed E-state index contributed by atoms with van der Waals surface area (Å²) in [6.07, 6.45) is 21.5. The third-order valence-electron chi connectivity index (χ3n) is 2.33. The zero-order valence-electron chi connectivity index (χ0n) is 9.08. The highest BCUT2D eigenvalue weighted by molar-refractivity contribution is 5.28. The van der Waals surface area contributed by atoms with Crippen molar-refractivity contribution < 1.29 is 0 Å². The maximum atomic E-state index is 2.25. The van der Waals surface area contributed by atoms with E-state index in [9.17, 15) is 0 Å². The predicted octanol–water partition coefficient (Wildman–Crippen LogP) is 4.57. The van der Waals surface area contributed by atoms with Crippen LogP contribution in [-0.4, -0.2) is 0 Å². The minimum Gasteiger partial charge on any atom is -0.0845 e. The zero-order chi connectivity index (χ0) is 10.1. The average molecular weight is 188 g/mol. The van der Waals surface area contributed by atoms with Gasteiger partial charge in [0.05, 0.1) is 0 Å². The standard InChI is InChI=1S/C14H20/c1-2-3-4-5-6-8-11-14-12-9-7-10-13-14/h5-9,11-12H,2-4,10,13H2,1H3. The highest BCUT2D eigenvalue weighted by atomic mass is 14.0. The Kier molecular flexibility index (Phi) is 5.81. The molecular formula is C14H20. The van der Waals surface area contributed by atoms with Gasteiger partial charge >= 0.3 is 0 Å². The molecule has 0 aromatic carbocycles. The molecule has 0 aromatic heterocycles. The summed E-state index contributed by atoms with van der Waals surface area (Å²) in [7, 11) is 0. The maximum absolute atomic E-state index is 2.25. The summed E-state index contributed by atoms with van der Waals surface area (Å²) < 4.78 is 0. The van der Waals surface area contributed by atoms with Crippen LogP contribution in [0.3, 0.4) is 0 Å². The van der Waals surface area contributed by atoms with Crippen molar-refractivity contribution in [2.75, 3.05) is 0 Å². The Morgan fingerprint density at radius 3 is 3.00 bits per heavy atom. The number of unbranched alkanes of at least 4 members (excludes halogenated alkanes) is 2. The third-order valence-corrected chi connectivity index (χ3v) is 2.33. The lowest BCUT2D eigenvalue weighted by Gasteiger charge is -2.01. The molecule has 0 amide bonds. The highest BCUT2D eigenvalue weighted by Gasteiger charge is 1.92. The monoisotopic (exact) mass is 188 g/mol. The first-order valence-corrected chi connectivity index (χ1v) is 5.62. The molecule has 0 nitrogen and oxygen atoms in total. The molecule has 0 bridgehead atoms. The van der Waals surface area contributed by atoms with Crippen LogP contribution in [0, 0.1) is 0 Å². The summed E-state index contributed by atoms with van der Waals surface area (Å²) in [6.45, 7) is 2.23. The molecule has 0 spiro atoms. The van der Waals surface area contributed by atoms with Gasteiger partial charge in [-0.1, -0.05) is 62.3 Å². The van der Waals surface area contributed by atoms with Gasteiger partial charge in [-0.15, -0.1) is 0 Å². The molecule has 0 heteroatoms. The largest absolute Gasteiger partial charge is 0.0845 e. The second-order valence-electron chi connectivity index (χ2n) is 3.64. The van der Waals surface area contributed by atoms with Gasteiger partial charge in [0.15, 0.2) is 0 Å². The van der Waals surface area contributed by atoms with Crippen LogP contribution in [0.1, 0.15) is 39.0 Å². The fourth-order valence-electron chi connectivity index (χ4n) is 1.44. The van der Waals surface area contributed by atoms with Gasteiger partial charge in [0, 0.05) is 0 Å². The molecule has 14 heavy (non-hydrogen) atoms. The first-order valence-electron chi connectivity index (χ1n) is 5.62. The molecule has 0 saturated heterocycles. The Bertz CT molecular complexity index is 251. The van der Waals surface area contributed by atoms with Gasteiger partial charge in [0.1, 0.15) is 0 Å². The zero-order valence-corrected chi connectivity index (χ0v) is 9.08. The van der Waals surface area contributed by atoms with Crippen LogP contribution in [0.5, 0.6) is 0 Å². The summed E-state index contributed by atoms with van der Waals surface area (Å²) in [4.78, 5) is 0. The van der Waals surface area contributed by atoms with E-state index in [0.29, 0.717) is 0 Å². The molecule has 1 aliphatic carbocycles. The maximum Gasteiger partial charge on any atom is -0.0244 e. The number of allylic oxidation sites excluding steroid dienone is 8. The van der Waals surface area contributed by atoms with Gasteiger partial charge < -0.3 is 0 Å². The van der Waals surface area contributed by atoms with Crippen molar-refractivity contribution in [2.45, 2.75) is 39.0 Å². The Hall–Kier alpha value is -1.04. The molecular weight excluding hydrogens is 168 g/mol. The highest BCUT2D eigenvalue weighted by Crippen LogP contribution is 2.12. The van der Waals surface area contributed by atoms with E-state index in [2.05, 4.69) is 49.5 Å². The van der Waals surface area contributed by atoms with Gasteiger partial charge in [-0.2, -0.15) is 0 Å². The molecule has 0 radical (unpaired) electrons. The summed E-state index contributed by atoms with van der Waals surface area (Å²) in [6, 6.07) is 0. The van der Waals surface area contributed by atoms with Crippen molar-refractivity contribution in [3.05, 3.63) is 48.1 Å². The second kappa shape index (κ2) is 7.37. The number of rotatable bonds is 5. The van der Waals surface area contributed by atoms with Crippen molar-refractivity contribution in [1.29, 1.82) is 0 Å². The van der Waals surface area contributed by atoms with Crippen LogP contribution in [-0.2, 0) is 0 Å². The van der Waals surface area contributed by atoms with E-state index >= 15 is 0 Å². The van der Waals surface area contributed by atoms with Gasteiger partial charge in [-0.3, -0.25) is 0 Å². The van der Waals surface area contributed by atoms with Crippen molar-refractivity contribution >= 4 is 0 Å². The topological polar surface area (TPSA) is 0 Å². The van der Waals surface area contributed by atoms with Crippen LogP contribution in [0.15, 0.2) is 48.1 Å². The molecule has 0 atom stereocenters. The molecule has 0 N–H and O–H groups in total. The summed E-state index contributed by atoms with van der Waals surface area (Å²) in [5, 5.41) is 0. The minimum atomic E-state index is 1.19. The van der Waals surface area contributed by atoms with Gasteiger partial charge in [-0.05, 0) is 24.8 Å². The fraction of sp³-hybridized carbons (Fsp3) is 0.429. The minimum absolute atomic E-state index is 1.19. The molecule has 0 heterocycles. The van der Waals surface area contributed by atoms with Crippen molar-refractivity contribution in [3.63, 3.8) is 0 Å². The third kappa shape index (κ3) is 4.86. The normalized spacial score (nSPS) is 16.8. The molecule has 0 fully saturated rings. The van der Waals surface area contributed by atoms with E-state index in [1.807, 2.05) is 0 Å². The van der Waals surface area contributed by atoms with Gasteiger partial charge in [0.25, 0.3) is 0 Å². The lowest BCUT2D eigenvalue weighted by Crippen LogP contribution is -1.81. The van der Waals surface area contributed by atoms with E-state index in [4.69, 9.17) is 0 Å². The van der Waals surface area contributed by atoms with Gasteiger partial charge in [0.2, 0.25) is 0 Å². The average Bonchev–Trinajstić information content (AvgIpc) is 2.25. The first-order chi connectivity index (χ1) is 6.93. The molecule has 0 aliphatic heterocycles. The smallest absolute Gasteiger partial charge is 0.0244 e. The Labute approximate surface area is 87.7 Å². The van der Waals surface area contributed by atoms with Crippen LogP contribution in [0.25, 0.3) is 0 Å².